The summed E-state index contributed by atoms with van der Waals surface area (Å²) in [5, 5.41) is 39.6. The van der Waals surface area contributed by atoms with Crippen LogP contribution in [0, 0.1) is 0 Å². The van der Waals surface area contributed by atoms with E-state index in [1.807, 2.05) is 6.07 Å². The highest BCUT2D eigenvalue weighted by molar-refractivity contribution is 5.87. The number of esters is 1. The highest BCUT2D eigenvalue weighted by Gasteiger charge is 2.52. The Labute approximate surface area is 179 Å². The quantitative estimate of drug-likeness (QED) is 0.388. The number of carboxylic acid groups (broad SMARTS) is 1. The lowest BCUT2D eigenvalue weighted by molar-refractivity contribution is -0.209. The number of carboxylic acids is 1. The second-order valence-electron chi connectivity index (χ2n) is 7.44. The van der Waals surface area contributed by atoms with Gasteiger partial charge in [-0.15, -0.1) is 0 Å². The topological polar surface area (TPSA) is 134 Å². The van der Waals surface area contributed by atoms with Gasteiger partial charge in [-0.05, 0) is 29.3 Å². The average molecular weight is 428 g/mol. The molecule has 1 aliphatic rings. The van der Waals surface area contributed by atoms with E-state index in [0.717, 1.165) is 11.6 Å². The van der Waals surface area contributed by atoms with Gasteiger partial charge in [0.25, 0.3) is 0 Å². The summed E-state index contributed by atoms with van der Waals surface area (Å²) in [6, 6.07) is 15.0. The Balaban J connectivity index is 1.70. The molecule has 4 atom stereocenters. The number of phenolic OH excluding ortho intramolecular Hbond substituents is 1. The lowest BCUT2D eigenvalue weighted by Gasteiger charge is -2.41. The van der Waals surface area contributed by atoms with E-state index in [1.54, 1.807) is 36.4 Å². The van der Waals surface area contributed by atoms with Crippen molar-refractivity contribution in [3.05, 3.63) is 71.8 Å². The number of aliphatic carboxylic acids is 1. The summed E-state index contributed by atoms with van der Waals surface area (Å²) < 4.78 is 10.9. The van der Waals surface area contributed by atoms with Crippen molar-refractivity contribution in [3.63, 3.8) is 0 Å². The Morgan fingerprint density at radius 2 is 1.71 bits per heavy atom. The Bertz CT molecular complexity index is 924. The third-order valence-corrected chi connectivity index (χ3v) is 5.17. The van der Waals surface area contributed by atoms with Gasteiger partial charge in [0.05, 0.1) is 12.7 Å². The van der Waals surface area contributed by atoms with Crippen LogP contribution in [0.15, 0.2) is 60.7 Å². The zero-order valence-electron chi connectivity index (χ0n) is 16.6. The van der Waals surface area contributed by atoms with Gasteiger partial charge in [-0.3, -0.25) is 0 Å². The van der Waals surface area contributed by atoms with Gasteiger partial charge in [-0.1, -0.05) is 42.5 Å². The van der Waals surface area contributed by atoms with E-state index in [9.17, 15) is 30.0 Å². The summed E-state index contributed by atoms with van der Waals surface area (Å²) in [6.07, 6.45) is -2.25. The summed E-state index contributed by atoms with van der Waals surface area (Å²) in [7, 11) is 0. The smallest absolute Gasteiger partial charge is 0.336 e. The molecule has 8 heteroatoms. The number of aliphatic hydroxyl groups is 2. The zero-order valence-corrected chi connectivity index (χ0v) is 16.6. The number of phenols is 1. The maximum Gasteiger partial charge on any atom is 0.336 e. The lowest BCUT2D eigenvalue weighted by atomic mass is 9.79. The number of carbonyl (C=O) groups is 2. The van der Waals surface area contributed by atoms with Crippen molar-refractivity contribution in [2.24, 2.45) is 0 Å². The van der Waals surface area contributed by atoms with Crippen molar-refractivity contribution in [3.8, 4) is 5.75 Å². The van der Waals surface area contributed by atoms with E-state index >= 15 is 0 Å². The molecular weight excluding hydrogens is 404 g/mol. The number of benzene rings is 2. The van der Waals surface area contributed by atoms with Crippen molar-refractivity contribution in [2.75, 3.05) is 0 Å². The second kappa shape index (κ2) is 9.74. The molecule has 8 nitrogen and oxygen atoms in total. The monoisotopic (exact) mass is 428 g/mol. The molecule has 2 aromatic rings. The maximum atomic E-state index is 12.2. The number of ether oxygens (including phenoxy) is 2. The van der Waals surface area contributed by atoms with E-state index in [2.05, 4.69) is 0 Å². The molecule has 0 bridgehead atoms. The number of aliphatic hydroxyl groups excluding tert-OH is 2. The van der Waals surface area contributed by atoms with Gasteiger partial charge in [0.2, 0.25) is 0 Å². The predicted octanol–water partition coefficient (Wildman–Crippen LogP) is 1.87. The minimum Gasteiger partial charge on any atom is -0.508 e. The Morgan fingerprint density at radius 1 is 1.03 bits per heavy atom. The predicted molar refractivity (Wildman–Crippen MR) is 110 cm³/mol. The number of carbonyl (C=O) groups excluding carboxylic acids is 1. The van der Waals surface area contributed by atoms with Gasteiger partial charge >= 0.3 is 11.9 Å². The van der Waals surface area contributed by atoms with Crippen LogP contribution in [0.4, 0.5) is 0 Å². The van der Waals surface area contributed by atoms with Crippen LogP contribution in [0.25, 0.3) is 6.08 Å². The molecule has 1 aliphatic carbocycles. The maximum absolute atomic E-state index is 12.2. The van der Waals surface area contributed by atoms with Gasteiger partial charge in [-0.2, -0.15) is 0 Å². The molecule has 4 N–H and O–H groups in total. The highest BCUT2D eigenvalue weighted by atomic mass is 16.6. The van der Waals surface area contributed by atoms with Crippen LogP contribution in [0.1, 0.15) is 24.0 Å². The SMILES string of the molecule is O=C(/C=C/c1ccc(O)cc1)O[C@@H]1C[C@](OCc2ccccc2)(C(=O)O)C[C@H](O)[C@H]1O. The van der Waals surface area contributed by atoms with Crippen molar-refractivity contribution in [1.29, 1.82) is 0 Å². The molecule has 0 saturated heterocycles. The largest absolute Gasteiger partial charge is 0.508 e. The normalized spacial score (nSPS) is 25.9. The summed E-state index contributed by atoms with van der Waals surface area (Å²) in [5.41, 5.74) is -0.445. The molecule has 0 spiro atoms. The first kappa shape index (κ1) is 22.5. The van der Waals surface area contributed by atoms with Crippen LogP contribution >= 0.6 is 0 Å². The molecule has 0 aromatic heterocycles. The minimum atomic E-state index is -1.82. The van der Waals surface area contributed by atoms with Gasteiger partial charge in [0.1, 0.15) is 18.0 Å². The Kier molecular flexibility index (Phi) is 7.06. The molecule has 1 saturated carbocycles. The second-order valence-corrected chi connectivity index (χ2v) is 7.44. The standard InChI is InChI=1S/C23H24O8/c24-17-9-6-15(7-10-17)8-11-20(26)31-19-13-23(22(28)29,12-18(25)21(19)27)30-14-16-4-2-1-3-5-16/h1-11,18-19,21,24-25,27H,12-14H2,(H,28,29)/b11-8+/t18-,19+,21+,23-/m0/s1. The fraction of sp³-hybridized carbons (Fsp3) is 0.304. The number of hydrogen-bond donors (Lipinski definition) is 4. The molecule has 0 amide bonds. The van der Waals surface area contributed by atoms with Crippen molar-refractivity contribution < 1.29 is 39.5 Å². The average Bonchev–Trinajstić information content (AvgIpc) is 2.76. The van der Waals surface area contributed by atoms with Crippen LogP contribution in [-0.4, -0.2) is 56.3 Å². The third-order valence-electron chi connectivity index (χ3n) is 5.17. The van der Waals surface area contributed by atoms with Crippen LogP contribution in [0.3, 0.4) is 0 Å². The molecule has 31 heavy (non-hydrogen) atoms. The summed E-state index contributed by atoms with van der Waals surface area (Å²) in [5.74, 6) is -2.04. The number of aromatic hydroxyl groups is 1. The molecule has 0 heterocycles. The van der Waals surface area contributed by atoms with Crippen LogP contribution in [0.5, 0.6) is 5.75 Å². The molecule has 1 fully saturated rings. The van der Waals surface area contributed by atoms with Crippen molar-refractivity contribution in [2.45, 2.75) is 43.4 Å². The first-order valence-electron chi connectivity index (χ1n) is 9.74. The third kappa shape index (κ3) is 5.69. The fourth-order valence-corrected chi connectivity index (χ4v) is 3.43. The van der Waals surface area contributed by atoms with Crippen LogP contribution in [0.2, 0.25) is 0 Å². The number of rotatable bonds is 7. The minimum absolute atomic E-state index is 0.0165. The Hall–Kier alpha value is -3.20. The van der Waals surface area contributed by atoms with Crippen molar-refractivity contribution >= 4 is 18.0 Å². The van der Waals surface area contributed by atoms with Gasteiger partial charge in [0.15, 0.2) is 5.60 Å². The fourth-order valence-electron chi connectivity index (χ4n) is 3.43. The molecular formula is C23H24O8. The molecule has 0 unspecified atom stereocenters. The summed E-state index contributed by atoms with van der Waals surface area (Å²) >= 11 is 0. The molecule has 3 rings (SSSR count). The van der Waals surface area contributed by atoms with E-state index in [-0.39, 0.29) is 25.2 Å². The first-order valence-corrected chi connectivity index (χ1v) is 9.74. The summed E-state index contributed by atoms with van der Waals surface area (Å²) in [6.45, 7) is -0.0165. The number of hydrogen-bond acceptors (Lipinski definition) is 7. The Morgan fingerprint density at radius 3 is 2.35 bits per heavy atom. The molecule has 164 valence electrons. The van der Waals surface area contributed by atoms with E-state index < -0.39 is 35.9 Å². The lowest BCUT2D eigenvalue weighted by Crippen LogP contribution is -2.58. The van der Waals surface area contributed by atoms with Crippen LogP contribution in [-0.2, 0) is 25.7 Å². The van der Waals surface area contributed by atoms with Crippen molar-refractivity contribution in [1.82, 2.24) is 0 Å². The zero-order chi connectivity index (χ0) is 22.4. The first-order chi connectivity index (χ1) is 14.8. The molecule has 0 aliphatic heterocycles. The van der Waals surface area contributed by atoms with Gasteiger partial charge in [0, 0.05) is 18.9 Å². The highest BCUT2D eigenvalue weighted by Crippen LogP contribution is 2.35. The van der Waals surface area contributed by atoms with E-state index in [0.29, 0.717) is 5.56 Å². The molecule has 0 radical (unpaired) electrons. The van der Waals surface area contributed by atoms with Crippen LogP contribution < -0.4 is 0 Å². The summed E-state index contributed by atoms with van der Waals surface area (Å²) in [4.78, 5) is 24.3. The molecule has 2 aromatic carbocycles. The van der Waals surface area contributed by atoms with E-state index in [4.69, 9.17) is 9.47 Å². The van der Waals surface area contributed by atoms with E-state index in [1.165, 1.54) is 18.2 Å². The van der Waals surface area contributed by atoms with Gasteiger partial charge in [-0.25, -0.2) is 9.59 Å². The van der Waals surface area contributed by atoms with Gasteiger partial charge < -0.3 is 29.9 Å².